The Morgan fingerprint density at radius 3 is 2.25 bits per heavy atom. The molecule has 0 saturated heterocycles. The molecular formula is C22H29N3O3. The molecule has 28 heavy (non-hydrogen) atoms. The lowest BCUT2D eigenvalue weighted by molar-refractivity contribution is 0.0948. The summed E-state index contributed by atoms with van der Waals surface area (Å²) >= 11 is 0. The first-order valence-corrected chi connectivity index (χ1v) is 9.72. The molecule has 0 spiro atoms. The van der Waals surface area contributed by atoms with Crippen molar-refractivity contribution in [2.24, 2.45) is 0 Å². The van der Waals surface area contributed by atoms with Gasteiger partial charge in [0.15, 0.2) is 0 Å². The number of ether oxygens (including phenoxy) is 1. The van der Waals surface area contributed by atoms with E-state index >= 15 is 0 Å². The van der Waals surface area contributed by atoms with Gasteiger partial charge in [-0.05, 0) is 56.4 Å². The highest BCUT2D eigenvalue weighted by molar-refractivity contribution is 6.06. The topological polar surface area (TPSA) is 70.7 Å². The van der Waals surface area contributed by atoms with Crippen LogP contribution < -0.4 is 15.4 Å². The maximum absolute atomic E-state index is 12.5. The van der Waals surface area contributed by atoms with Gasteiger partial charge < -0.3 is 20.3 Å². The van der Waals surface area contributed by atoms with Crippen molar-refractivity contribution in [2.75, 3.05) is 38.1 Å². The van der Waals surface area contributed by atoms with Crippen molar-refractivity contribution in [1.82, 2.24) is 10.2 Å². The maximum atomic E-state index is 12.5. The molecule has 0 aromatic heterocycles. The molecule has 0 aliphatic rings. The Morgan fingerprint density at radius 1 is 0.929 bits per heavy atom. The lowest BCUT2D eigenvalue weighted by atomic mass is 10.1. The highest BCUT2D eigenvalue weighted by Gasteiger charge is 2.12. The predicted molar refractivity (Wildman–Crippen MR) is 112 cm³/mol. The Kier molecular flexibility index (Phi) is 8.49. The average Bonchev–Trinajstić information content (AvgIpc) is 2.72. The number of amides is 2. The number of carbonyl (C=O) groups excluding carboxylic acids is 2. The summed E-state index contributed by atoms with van der Waals surface area (Å²) in [5, 5.41) is 5.76. The van der Waals surface area contributed by atoms with Crippen LogP contribution in [-0.2, 0) is 0 Å². The van der Waals surface area contributed by atoms with Gasteiger partial charge in [0, 0.05) is 24.3 Å². The Labute approximate surface area is 166 Å². The number of para-hydroxylation sites is 1. The number of carbonyl (C=O) groups is 2. The normalized spacial score (nSPS) is 10.6. The van der Waals surface area contributed by atoms with E-state index < -0.39 is 0 Å². The highest BCUT2D eigenvalue weighted by atomic mass is 16.5. The molecule has 2 rings (SSSR count). The first kappa shape index (κ1) is 21.4. The molecule has 0 heterocycles. The molecule has 2 amide bonds. The summed E-state index contributed by atoms with van der Waals surface area (Å²) < 4.78 is 5.50. The van der Waals surface area contributed by atoms with Gasteiger partial charge in [0.1, 0.15) is 5.75 Å². The number of hydrogen-bond acceptors (Lipinski definition) is 4. The van der Waals surface area contributed by atoms with E-state index in [1.807, 2.05) is 13.0 Å². The minimum absolute atomic E-state index is 0.119. The summed E-state index contributed by atoms with van der Waals surface area (Å²) in [5.74, 6) is 0.180. The Hall–Kier alpha value is -2.86. The van der Waals surface area contributed by atoms with Gasteiger partial charge in [0.05, 0.1) is 12.2 Å². The SMILES string of the molecule is CCOc1ccccc1C(=O)Nc1ccc(C(=O)NCCN(CC)CC)cc1. The van der Waals surface area contributed by atoms with Crippen molar-refractivity contribution in [3.63, 3.8) is 0 Å². The number of rotatable bonds is 10. The van der Waals surface area contributed by atoms with Crippen molar-refractivity contribution in [2.45, 2.75) is 20.8 Å². The summed E-state index contributed by atoms with van der Waals surface area (Å²) in [6.45, 7) is 9.93. The molecule has 6 nitrogen and oxygen atoms in total. The van der Waals surface area contributed by atoms with Crippen LogP contribution in [0.5, 0.6) is 5.75 Å². The molecule has 150 valence electrons. The van der Waals surface area contributed by atoms with Crippen LogP contribution in [0.1, 0.15) is 41.5 Å². The summed E-state index contributed by atoms with van der Waals surface area (Å²) in [7, 11) is 0. The Bertz CT molecular complexity index is 771. The van der Waals surface area contributed by atoms with Gasteiger partial charge >= 0.3 is 0 Å². The summed E-state index contributed by atoms with van der Waals surface area (Å²) in [6, 6.07) is 14.0. The van der Waals surface area contributed by atoms with E-state index in [1.54, 1.807) is 42.5 Å². The minimum atomic E-state index is -0.250. The second-order valence-corrected chi connectivity index (χ2v) is 6.24. The third kappa shape index (κ3) is 6.09. The molecule has 0 bridgehead atoms. The van der Waals surface area contributed by atoms with Crippen molar-refractivity contribution < 1.29 is 14.3 Å². The van der Waals surface area contributed by atoms with Gasteiger partial charge in [-0.1, -0.05) is 26.0 Å². The van der Waals surface area contributed by atoms with Gasteiger partial charge in [-0.2, -0.15) is 0 Å². The van der Waals surface area contributed by atoms with Gasteiger partial charge in [0.2, 0.25) is 0 Å². The number of nitrogens with one attached hydrogen (secondary N) is 2. The van der Waals surface area contributed by atoms with Crippen LogP contribution in [0.25, 0.3) is 0 Å². The Morgan fingerprint density at radius 2 is 1.61 bits per heavy atom. The molecule has 0 aliphatic carbocycles. The molecule has 0 radical (unpaired) electrons. The fourth-order valence-corrected chi connectivity index (χ4v) is 2.81. The van der Waals surface area contributed by atoms with E-state index in [0.717, 1.165) is 19.6 Å². The van der Waals surface area contributed by atoms with Crippen molar-refractivity contribution >= 4 is 17.5 Å². The fourth-order valence-electron chi connectivity index (χ4n) is 2.81. The Balaban J connectivity index is 1.93. The van der Waals surface area contributed by atoms with Crippen LogP contribution in [0, 0.1) is 0 Å². The van der Waals surface area contributed by atoms with Gasteiger partial charge in [-0.25, -0.2) is 0 Å². The van der Waals surface area contributed by atoms with E-state index in [-0.39, 0.29) is 11.8 Å². The van der Waals surface area contributed by atoms with Crippen LogP contribution >= 0.6 is 0 Å². The van der Waals surface area contributed by atoms with Gasteiger partial charge in [-0.15, -0.1) is 0 Å². The first-order valence-electron chi connectivity index (χ1n) is 9.72. The zero-order chi connectivity index (χ0) is 20.4. The second-order valence-electron chi connectivity index (χ2n) is 6.24. The summed E-state index contributed by atoms with van der Waals surface area (Å²) in [5.41, 5.74) is 1.66. The minimum Gasteiger partial charge on any atom is -0.493 e. The average molecular weight is 383 g/mol. The van der Waals surface area contributed by atoms with E-state index in [2.05, 4.69) is 29.4 Å². The van der Waals surface area contributed by atoms with Crippen molar-refractivity contribution in [3.05, 3.63) is 59.7 Å². The molecule has 2 aromatic carbocycles. The highest BCUT2D eigenvalue weighted by Crippen LogP contribution is 2.20. The van der Waals surface area contributed by atoms with E-state index in [9.17, 15) is 9.59 Å². The molecule has 0 fully saturated rings. The maximum Gasteiger partial charge on any atom is 0.259 e. The van der Waals surface area contributed by atoms with Crippen molar-refractivity contribution in [1.29, 1.82) is 0 Å². The molecule has 2 N–H and O–H groups in total. The lowest BCUT2D eigenvalue weighted by Gasteiger charge is -2.18. The van der Waals surface area contributed by atoms with Crippen LogP contribution in [0.15, 0.2) is 48.5 Å². The van der Waals surface area contributed by atoms with E-state index in [0.29, 0.717) is 35.7 Å². The molecule has 2 aromatic rings. The number of benzene rings is 2. The van der Waals surface area contributed by atoms with Gasteiger partial charge in [-0.3, -0.25) is 9.59 Å². The zero-order valence-electron chi connectivity index (χ0n) is 16.8. The second kappa shape index (κ2) is 11.1. The number of likely N-dealkylation sites (N-methyl/N-ethyl adjacent to an activating group) is 1. The monoisotopic (exact) mass is 383 g/mol. The number of anilines is 1. The predicted octanol–water partition coefficient (Wildman–Crippen LogP) is 3.41. The van der Waals surface area contributed by atoms with E-state index in [4.69, 9.17) is 4.74 Å². The molecular weight excluding hydrogens is 354 g/mol. The molecule has 0 saturated carbocycles. The largest absolute Gasteiger partial charge is 0.493 e. The third-order valence-corrected chi connectivity index (χ3v) is 4.44. The molecule has 0 unspecified atom stereocenters. The zero-order valence-corrected chi connectivity index (χ0v) is 16.8. The lowest BCUT2D eigenvalue weighted by Crippen LogP contribution is -2.34. The smallest absolute Gasteiger partial charge is 0.259 e. The molecule has 0 aliphatic heterocycles. The summed E-state index contributed by atoms with van der Waals surface area (Å²) in [4.78, 5) is 27.0. The standard InChI is InChI=1S/C22H29N3O3/c1-4-25(5-2)16-15-23-21(26)17-11-13-18(14-12-17)24-22(27)19-9-7-8-10-20(19)28-6-3/h7-14H,4-6,15-16H2,1-3H3,(H,23,26)(H,24,27). The number of hydrogen-bond donors (Lipinski definition) is 2. The third-order valence-electron chi connectivity index (χ3n) is 4.44. The van der Waals surface area contributed by atoms with Crippen LogP contribution in [0.3, 0.4) is 0 Å². The first-order chi connectivity index (χ1) is 13.6. The fraction of sp³-hybridized carbons (Fsp3) is 0.364. The van der Waals surface area contributed by atoms with Gasteiger partial charge in [0.25, 0.3) is 11.8 Å². The summed E-state index contributed by atoms with van der Waals surface area (Å²) in [6.07, 6.45) is 0. The molecule has 0 atom stereocenters. The quantitative estimate of drug-likeness (QED) is 0.660. The van der Waals surface area contributed by atoms with Crippen LogP contribution in [0.2, 0.25) is 0 Å². The van der Waals surface area contributed by atoms with Crippen molar-refractivity contribution in [3.8, 4) is 5.75 Å². The van der Waals surface area contributed by atoms with Crippen LogP contribution in [0.4, 0.5) is 5.69 Å². The molecule has 6 heteroatoms. The van der Waals surface area contributed by atoms with E-state index in [1.165, 1.54) is 0 Å². The number of nitrogens with zero attached hydrogens (tertiary/aromatic N) is 1. The van der Waals surface area contributed by atoms with Crippen LogP contribution in [-0.4, -0.2) is 49.5 Å².